The molecule has 0 aromatic rings. The van der Waals surface area contributed by atoms with Crippen LogP contribution in [0.5, 0.6) is 0 Å². The van der Waals surface area contributed by atoms with Gasteiger partial charge in [0, 0.05) is 38.3 Å². The molecule has 3 rings (SSSR count). The monoisotopic (exact) mass is 309 g/mol. The first-order valence-corrected chi connectivity index (χ1v) is 9.11. The molecular formula is C17H31N3O2. The molecule has 0 aromatic heterocycles. The molecule has 0 radical (unpaired) electrons. The van der Waals surface area contributed by atoms with Gasteiger partial charge in [-0.05, 0) is 38.0 Å². The zero-order chi connectivity index (χ0) is 15.5. The van der Waals surface area contributed by atoms with E-state index in [0.29, 0.717) is 18.5 Å². The number of rotatable bonds is 2. The first-order chi connectivity index (χ1) is 10.6. The number of likely N-dealkylation sites (tertiary alicyclic amines) is 2. The van der Waals surface area contributed by atoms with Crippen LogP contribution in [0, 0.1) is 5.92 Å². The maximum Gasteiger partial charge on any atom is 0.317 e. The number of hydrogen-bond acceptors (Lipinski definition) is 3. The second-order valence-corrected chi connectivity index (χ2v) is 7.48. The van der Waals surface area contributed by atoms with E-state index in [1.165, 1.54) is 25.7 Å². The highest BCUT2D eigenvalue weighted by Gasteiger charge is 2.30. The van der Waals surface area contributed by atoms with Crippen molar-refractivity contribution in [1.82, 2.24) is 15.1 Å². The Labute approximate surface area is 134 Å². The van der Waals surface area contributed by atoms with E-state index in [2.05, 4.69) is 17.1 Å². The van der Waals surface area contributed by atoms with Crippen LogP contribution in [0.1, 0.15) is 51.9 Å². The molecule has 2 N–H and O–H groups in total. The van der Waals surface area contributed by atoms with Crippen molar-refractivity contribution < 1.29 is 9.90 Å². The Morgan fingerprint density at radius 3 is 2.36 bits per heavy atom. The lowest BCUT2D eigenvalue weighted by atomic mass is 9.96. The molecule has 2 amide bonds. The molecule has 2 heterocycles. The van der Waals surface area contributed by atoms with Crippen LogP contribution >= 0.6 is 0 Å². The minimum atomic E-state index is -0.372. The van der Waals surface area contributed by atoms with E-state index in [9.17, 15) is 9.90 Å². The van der Waals surface area contributed by atoms with E-state index >= 15 is 0 Å². The molecule has 0 bridgehead atoms. The lowest BCUT2D eigenvalue weighted by Crippen LogP contribution is -2.54. The largest absolute Gasteiger partial charge is 0.391 e. The summed E-state index contributed by atoms with van der Waals surface area (Å²) in [5.41, 5.74) is 0. The Morgan fingerprint density at radius 1 is 1.05 bits per heavy atom. The van der Waals surface area contributed by atoms with Gasteiger partial charge >= 0.3 is 6.03 Å². The van der Waals surface area contributed by atoms with Crippen molar-refractivity contribution in [2.24, 2.45) is 5.92 Å². The Balaban J connectivity index is 1.41. The molecule has 0 aromatic carbocycles. The highest BCUT2D eigenvalue weighted by molar-refractivity contribution is 5.74. The summed E-state index contributed by atoms with van der Waals surface area (Å²) in [6.07, 6.45) is 8.15. The van der Waals surface area contributed by atoms with Crippen LogP contribution in [0.4, 0.5) is 4.79 Å². The molecule has 126 valence electrons. The normalized spacial score (nSPS) is 32.4. The third-order valence-electron chi connectivity index (χ3n) is 5.90. The number of nitrogens with zero attached hydrogens (tertiary/aromatic N) is 2. The highest BCUT2D eigenvalue weighted by atomic mass is 16.3. The average molecular weight is 309 g/mol. The van der Waals surface area contributed by atoms with Crippen LogP contribution < -0.4 is 5.32 Å². The highest BCUT2D eigenvalue weighted by Crippen LogP contribution is 2.26. The standard InChI is InChI=1S/C17H31N3O2/c1-13-6-9-20(12-16(13)21)17(22)18-14-7-10-19(11-8-14)15-4-2-3-5-15/h13-16,21H,2-12H2,1H3,(H,18,22). The number of carbonyl (C=O) groups excluding carboxylic acids is 1. The first-order valence-electron chi connectivity index (χ1n) is 9.11. The lowest BCUT2D eigenvalue weighted by molar-refractivity contribution is 0.0420. The summed E-state index contributed by atoms with van der Waals surface area (Å²) < 4.78 is 0. The van der Waals surface area contributed by atoms with Crippen molar-refractivity contribution in [2.75, 3.05) is 26.2 Å². The molecule has 1 aliphatic carbocycles. The van der Waals surface area contributed by atoms with Gasteiger partial charge in [-0.25, -0.2) is 4.79 Å². The summed E-state index contributed by atoms with van der Waals surface area (Å²) in [4.78, 5) is 16.8. The van der Waals surface area contributed by atoms with Crippen molar-refractivity contribution in [2.45, 2.75) is 70.1 Å². The summed E-state index contributed by atoms with van der Waals surface area (Å²) in [5, 5.41) is 13.1. The van der Waals surface area contributed by atoms with Crippen LogP contribution in [0.25, 0.3) is 0 Å². The number of aliphatic hydroxyl groups excluding tert-OH is 1. The summed E-state index contributed by atoms with van der Waals surface area (Å²) in [7, 11) is 0. The van der Waals surface area contributed by atoms with E-state index in [1.807, 2.05) is 0 Å². The van der Waals surface area contributed by atoms with Gasteiger partial charge in [0.15, 0.2) is 0 Å². The molecule has 5 nitrogen and oxygen atoms in total. The fraction of sp³-hybridized carbons (Fsp3) is 0.941. The molecule has 0 spiro atoms. The predicted molar refractivity (Wildman–Crippen MR) is 86.7 cm³/mol. The molecule has 2 atom stereocenters. The van der Waals surface area contributed by atoms with E-state index < -0.39 is 0 Å². The molecule has 1 saturated carbocycles. The van der Waals surface area contributed by atoms with Gasteiger partial charge in [0.1, 0.15) is 0 Å². The van der Waals surface area contributed by atoms with Crippen molar-refractivity contribution >= 4 is 6.03 Å². The number of nitrogens with one attached hydrogen (secondary N) is 1. The van der Waals surface area contributed by atoms with Crippen LogP contribution in [0.2, 0.25) is 0 Å². The van der Waals surface area contributed by atoms with Gasteiger partial charge in [0.2, 0.25) is 0 Å². The second-order valence-electron chi connectivity index (χ2n) is 7.48. The molecular weight excluding hydrogens is 278 g/mol. The SMILES string of the molecule is CC1CCN(C(=O)NC2CCN(C3CCCC3)CC2)CC1O. The Kier molecular flexibility index (Phi) is 5.24. The van der Waals surface area contributed by atoms with Gasteiger partial charge in [0.25, 0.3) is 0 Å². The van der Waals surface area contributed by atoms with Gasteiger partial charge in [0.05, 0.1) is 6.10 Å². The number of urea groups is 1. The van der Waals surface area contributed by atoms with Crippen LogP contribution in [0.15, 0.2) is 0 Å². The third-order valence-corrected chi connectivity index (χ3v) is 5.90. The minimum absolute atomic E-state index is 0.0188. The second kappa shape index (κ2) is 7.18. The maximum absolute atomic E-state index is 12.3. The lowest BCUT2D eigenvalue weighted by Gasteiger charge is -2.38. The molecule has 3 fully saturated rings. The average Bonchev–Trinajstić information content (AvgIpc) is 3.05. The van der Waals surface area contributed by atoms with Gasteiger partial charge in [-0.3, -0.25) is 0 Å². The van der Waals surface area contributed by atoms with E-state index in [1.54, 1.807) is 4.90 Å². The molecule has 2 aliphatic heterocycles. The molecule has 2 saturated heterocycles. The fourth-order valence-corrected chi connectivity index (χ4v) is 4.18. The summed E-state index contributed by atoms with van der Waals surface area (Å²) in [6.45, 7) is 5.54. The van der Waals surface area contributed by atoms with Crippen molar-refractivity contribution in [3.8, 4) is 0 Å². The third kappa shape index (κ3) is 3.74. The van der Waals surface area contributed by atoms with Crippen molar-refractivity contribution in [1.29, 1.82) is 0 Å². The van der Waals surface area contributed by atoms with Gasteiger partial charge < -0.3 is 20.2 Å². The quantitative estimate of drug-likeness (QED) is 0.818. The number of amides is 2. The van der Waals surface area contributed by atoms with Gasteiger partial charge in [-0.15, -0.1) is 0 Å². The molecule has 3 aliphatic rings. The number of hydrogen-bond donors (Lipinski definition) is 2. The Morgan fingerprint density at radius 2 is 1.73 bits per heavy atom. The first kappa shape index (κ1) is 16.1. The van der Waals surface area contributed by atoms with E-state index in [-0.39, 0.29) is 12.1 Å². The number of piperidine rings is 2. The Hall–Kier alpha value is -0.810. The fourth-order valence-electron chi connectivity index (χ4n) is 4.18. The van der Waals surface area contributed by atoms with Crippen molar-refractivity contribution in [3.05, 3.63) is 0 Å². The van der Waals surface area contributed by atoms with E-state index in [0.717, 1.165) is 44.9 Å². The van der Waals surface area contributed by atoms with E-state index in [4.69, 9.17) is 0 Å². The van der Waals surface area contributed by atoms with Crippen LogP contribution in [0.3, 0.4) is 0 Å². The summed E-state index contributed by atoms with van der Waals surface area (Å²) >= 11 is 0. The maximum atomic E-state index is 12.3. The molecule has 5 heteroatoms. The number of aliphatic hydroxyl groups is 1. The topological polar surface area (TPSA) is 55.8 Å². The van der Waals surface area contributed by atoms with Crippen molar-refractivity contribution in [3.63, 3.8) is 0 Å². The number of β-amino-alcohol motifs (C(OH)–C–C–N with tert-alkyl or cyclic N) is 1. The zero-order valence-corrected chi connectivity index (χ0v) is 13.8. The minimum Gasteiger partial charge on any atom is -0.391 e. The Bertz CT molecular complexity index is 376. The summed E-state index contributed by atoms with van der Waals surface area (Å²) in [6, 6.07) is 1.13. The van der Waals surface area contributed by atoms with Gasteiger partial charge in [-0.1, -0.05) is 19.8 Å². The summed E-state index contributed by atoms with van der Waals surface area (Å²) in [5.74, 6) is 0.304. The van der Waals surface area contributed by atoms with Gasteiger partial charge in [-0.2, -0.15) is 0 Å². The van der Waals surface area contributed by atoms with Crippen LogP contribution in [-0.4, -0.2) is 65.3 Å². The molecule has 2 unspecified atom stereocenters. The molecule has 22 heavy (non-hydrogen) atoms. The predicted octanol–water partition coefficient (Wildman–Crippen LogP) is 1.81. The number of carbonyl (C=O) groups is 1. The smallest absolute Gasteiger partial charge is 0.317 e. The zero-order valence-electron chi connectivity index (χ0n) is 13.8. The van der Waals surface area contributed by atoms with Crippen LogP contribution in [-0.2, 0) is 0 Å².